The van der Waals surface area contributed by atoms with Crippen molar-refractivity contribution in [2.45, 2.75) is 13.1 Å². The van der Waals surface area contributed by atoms with Crippen LogP contribution in [0.15, 0.2) is 36.9 Å². The molecule has 6 nitrogen and oxygen atoms in total. The zero-order valence-corrected chi connectivity index (χ0v) is 10.2. The first-order valence-corrected chi connectivity index (χ1v) is 5.92. The Balaban J connectivity index is 1.56. The average molecular weight is 259 g/mol. The summed E-state index contributed by atoms with van der Waals surface area (Å²) in [5.41, 5.74) is 0.975. The van der Waals surface area contributed by atoms with Gasteiger partial charge in [-0.25, -0.2) is 4.98 Å². The molecule has 0 atom stereocenters. The molecule has 0 bridgehead atoms. The number of ether oxygens (including phenoxy) is 2. The summed E-state index contributed by atoms with van der Waals surface area (Å²) in [6.45, 7) is 0.987. The Bertz CT molecular complexity index is 581. The number of carbonyl (C=O) groups is 1. The summed E-state index contributed by atoms with van der Waals surface area (Å²) in [5.74, 6) is 1.41. The van der Waals surface area contributed by atoms with Gasteiger partial charge in [0, 0.05) is 18.9 Å². The molecule has 6 heteroatoms. The number of carbonyl (C=O) groups excluding carboxylic acids is 1. The van der Waals surface area contributed by atoms with Crippen LogP contribution < -0.4 is 14.8 Å². The van der Waals surface area contributed by atoms with Crippen molar-refractivity contribution >= 4 is 5.91 Å². The predicted octanol–water partition coefficient (Wildman–Crippen LogP) is 0.928. The molecule has 1 aromatic carbocycles. The summed E-state index contributed by atoms with van der Waals surface area (Å²) >= 11 is 0. The van der Waals surface area contributed by atoms with Crippen LogP contribution >= 0.6 is 0 Å². The van der Waals surface area contributed by atoms with E-state index in [4.69, 9.17) is 9.47 Å². The van der Waals surface area contributed by atoms with Gasteiger partial charge in [-0.05, 0) is 17.7 Å². The zero-order valence-electron chi connectivity index (χ0n) is 10.2. The van der Waals surface area contributed by atoms with Crippen molar-refractivity contribution in [1.82, 2.24) is 14.9 Å². The molecule has 19 heavy (non-hydrogen) atoms. The fraction of sp³-hybridized carbons (Fsp3) is 0.231. The molecule has 0 fully saturated rings. The average Bonchev–Trinajstić information content (AvgIpc) is 3.06. The summed E-state index contributed by atoms with van der Waals surface area (Å²) in [7, 11) is 0. The van der Waals surface area contributed by atoms with Gasteiger partial charge in [-0.3, -0.25) is 4.79 Å². The maximum Gasteiger partial charge on any atom is 0.240 e. The van der Waals surface area contributed by atoms with E-state index in [1.54, 1.807) is 23.3 Å². The van der Waals surface area contributed by atoms with Crippen LogP contribution in [-0.4, -0.2) is 22.3 Å². The first kappa shape index (κ1) is 11.6. The number of nitrogens with one attached hydrogen (secondary N) is 1. The van der Waals surface area contributed by atoms with E-state index in [1.807, 2.05) is 18.2 Å². The minimum absolute atomic E-state index is 0.0596. The first-order valence-electron chi connectivity index (χ1n) is 5.92. The van der Waals surface area contributed by atoms with E-state index in [1.165, 1.54) is 0 Å². The summed E-state index contributed by atoms with van der Waals surface area (Å²) in [4.78, 5) is 15.6. The van der Waals surface area contributed by atoms with E-state index < -0.39 is 0 Å². The summed E-state index contributed by atoms with van der Waals surface area (Å²) < 4.78 is 12.2. The highest BCUT2D eigenvalue weighted by molar-refractivity contribution is 5.75. The van der Waals surface area contributed by atoms with E-state index in [9.17, 15) is 4.79 Å². The highest BCUT2D eigenvalue weighted by atomic mass is 16.7. The molecule has 0 aliphatic carbocycles. The second-order valence-electron chi connectivity index (χ2n) is 4.20. The van der Waals surface area contributed by atoms with Crippen molar-refractivity contribution in [3.05, 3.63) is 42.5 Å². The van der Waals surface area contributed by atoms with Crippen molar-refractivity contribution in [3.63, 3.8) is 0 Å². The molecule has 0 radical (unpaired) electrons. The van der Waals surface area contributed by atoms with Gasteiger partial charge in [0.05, 0.1) is 6.33 Å². The molecular formula is C13H13N3O3. The molecule has 2 aromatic rings. The molecule has 0 saturated heterocycles. The first-order chi connectivity index (χ1) is 9.31. The standard InChI is InChI=1S/C13H13N3O3/c17-13(7-16-4-3-14-8-16)15-6-10-1-2-11-12(5-10)19-9-18-11/h1-5,8H,6-7,9H2,(H,15,17). The lowest BCUT2D eigenvalue weighted by molar-refractivity contribution is -0.121. The van der Waals surface area contributed by atoms with Crippen LogP contribution in [0.1, 0.15) is 5.56 Å². The Morgan fingerprint density at radius 3 is 3.11 bits per heavy atom. The molecule has 0 saturated carbocycles. The minimum Gasteiger partial charge on any atom is -0.454 e. The molecule has 1 aliphatic rings. The molecule has 1 aromatic heterocycles. The van der Waals surface area contributed by atoms with E-state index in [-0.39, 0.29) is 19.2 Å². The molecule has 2 heterocycles. The van der Waals surface area contributed by atoms with E-state index >= 15 is 0 Å². The maximum absolute atomic E-state index is 11.7. The van der Waals surface area contributed by atoms with Crippen LogP contribution in [0.5, 0.6) is 11.5 Å². The topological polar surface area (TPSA) is 65.4 Å². The van der Waals surface area contributed by atoms with Crippen LogP contribution in [0.25, 0.3) is 0 Å². The summed E-state index contributed by atoms with van der Waals surface area (Å²) in [6, 6.07) is 5.63. The maximum atomic E-state index is 11.7. The Morgan fingerprint density at radius 1 is 1.37 bits per heavy atom. The Labute approximate surface area is 110 Å². The molecule has 1 aliphatic heterocycles. The van der Waals surface area contributed by atoms with Gasteiger partial charge in [0.2, 0.25) is 12.7 Å². The molecule has 0 unspecified atom stereocenters. The highest BCUT2D eigenvalue weighted by Gasteiger charge is 2.13. The Hall–Kier alpha value is -2.50. The third kappa shape index (κ3) is 2.67. The Morgan fingerprint density at radius 2 is 2.26 bits per heavy atom. The van der Waals surface area contributed by atoms with Crippen molar-refractivity contribution < 1.29 is 14.3 Å². The van der Waals surface area contributed by atoms with Gasteiger partial charge in [-0.15, -0.1) is 0 Å². The lowest BCUT2D eigenvalue weighted by atomic mass is 10.2. The van der Waals surface area contributed by atoms with Gasteiger partial charge in [-0.1, -0.05) is 6.07 Å². The summed E-state index contributed by atoms with van der Waals surface area (Å²) in [5, 5.41) is 2.84. The normalized spacial score (nSPS) is 12.4. The lowest BCUT2D eigenvalue weighted by Gasteiger charge is -2.06. The highest BCUT2D eigenvalue weighted by Crippen LogP contribution is 2.32. The lowest BCUT2D eigenvalue weighted by Crippen LogP contribution is -2.26. The molecule has 3 rings (SSSR count). The van der Waals surface area contributed by atoms with Gasteiger partial charge in [-0.2, -0.15) is 0 Å². The number of hydrogen-bond acceptors (Lipinski definition) is 4. The van der Waals surface area contributed by atoms with Gasteiger partial charge < -0.3 is 19.4 Å². The minimum atomic E-state index is -0.0596. The fourth-order valence-corrected chi connectivity index (χ4v) is 1.85. The van der Waals surface area contributed by atoms with E-state index in [0.29, 0.717) is 6.54 Å². The second kappa shape index (κ2) is 5.01. The monoisotopic (exact) mass is 259 g/mol. The van der Waals surface area contributed by atoms with Crippen LogP contribution in [0, 0.1) is 0 Å². The van der Waals surface area contributed by atoms with Gasteiger partial charge in [0.1, 0.15) is 6.54 Å². The molecule has 1 amide bonds. The molecular weight excluding hydrogens is 246 g/mol. The van der Waals surface area contributed by atoms with E-state index in [2.05, 4.69) is 10.3 Å². The quantitative estimate of drug-likeness (QED) is 0.887. The number of fused-ring (bicyclic) bond motifs is 1. The van der Waals surface area contributed by atoms with Crippen LogP contribution in [0.4, 0.5) is 0 Å². The van der Waals surface area contributed by atoms with Crippen LogP contribution in [-0.2, 0) is 17.9 Å². The number of hydrogen-bond donors (Lipinski definition) is 1. The van der Waals surface area contributed by atoms with Gasteiger partial charge in [0.25, 0.3) is 0 Å². The van der Waals surface area contributed by atoms with E-state index in [0.717, 1.165) is 17.1 Å². The molecule has 0 spiro atoms. The Kier molecular flexibility index (Phi) is 3.06. The predicted molar refractivity (Wildman–Crippen MR) is 66.6 cm³/mol. The largest absolute Gasteiger partial charge is 0.454 e. The smallest absolute Gasteiger partial charge is 0.240 e. The number of rotatable bonds is 4. The van der Waals surface area contributed by atoms with Crippen molar-refractivity contribution in [2.75, 3.05) is 6.79 Å². The van der Waals surface area contributed by atoms with Crippen LogP contribution in [0.3, 0.4) is 0 Å². The SMILES string of the molecule is O=C(Cn1ccnc1)NCc1ccc2c(c1)OCO2. The second-order valence-corrected chi connectivity index (χ2v) is 4.20. The molecule has 1 N–H and O–H groups in total. The van der Waals surface area contributed by atoms with Gasteiger partial charge >= 0.3 is 0 Å². The van der Waals surface area contributed by atoms with Crippen LogP contribution in [0.2, 0.25) is 0 Å². The number of nitrogens with zero attached hydrogens (tertiary/aromatic N) is 2. The zero-order chi connectivity index (χ0) is 13.1. The number of benzene rings is 1. The summed E-state index contributed by atoms with van der Waals surface area (Å²) in [6.07, 6.45) is 5.01. The fourth-order valence-electron chi connectivity index (χ4n) is 1.85. The third-order valence-corrected chi connectivity index (χ3v) is 2.81. The van der Waals surface area contributed by atoms with Crippen molar-refractivity contribution in [1.29, 1.82) is 0 Å². The van der Waals surface area contributed by atoms with Crippen molar-refractivity contribution in [3.8, 4) is 11.5 Å². The number of imidazole rings is 1. The van der Waals surface area contributed by atoms with Gasteiger partial charge in [0.15, 0.2) is 11.5 Å². The number of amides is 1. The number of aromatic nitrogens is 2. The van der Waals surface area contributed by atoms with Crippen molar-refractivity contribution in [2.24, 2.45) is 0 Å². The molecule has 98 valence electrons. The third-order valence-electron chi connectivity index (χ3n) is 2.81.